The molecule has 16 heavy (non-hydrogen) atoms. The third kappa shape index (κ3) is 1.60. The molecule has 2 saturated heterocycles. The highest BCUT2D eigenvalue weighted by atomic mass is 16.2. The molecule has 1 aromatic heterocycles. The molecule has 2 fully saturated rings. The minimum absolute atomic E-state index is 0.358. The van der Waals surface area contributed by atoms with Crippen molar-refractivity contribution in [1.29, 1.82) is 0 Å². The van der Waals surface area contributed by atoms with Crippen molar-refractivity contribution < 1.29 is 4.79 Å². The second-order valence-corrected chi connectivity index (χ2v) is 4.79. The number of rotatable bonds is 2. The molecule has 0 radical (unpaired) electrons. The molecule has 0 N–H and O–H groups in total. The highest BCUT2D eigenvalue weighted by Crippen LogP contribution is 2.34. The molecular formula is C13H16N2O. The van der Waals surface area contributed by atoms with Crippen LogP contribution in [0.25, 0.3) is 0 Å². The fraction of sp³-hybridized carbons (Fsp3) is 0.538. The minimum atomic E-state index is 0.358. The van der Waals surface area contributed by atoms with Gasteiger partial charge in [-0.2, -0.15) is 0 Å². The lowest BCUT2D eigenvalue weighted by atomic mass is 10.0. The molecule has 1 amide bonds. The van der Waals surface area contributed by atoms with Crippen molar-refractivity contribution in [2.75, 3.05) is 0 Å². The summed E-state index contributed by atoms with van der Waals surface area (Å²) in [5, 5.41) is 0. The number of pyridine rings is 1. The van der Waals surface area contributed by atoms with E-state index >= 15 is 0 Å². The summed E-state index contributed by atoms with van der Waals surface area (Å²) in [6, 6.07) is 5.02. The summed E-state index contributed by atoms with van der Waals surface area (Å²) < 4.78 is 0. The van der Waals surface area contributed by atoms with Crippen molar-refractivity contribution in [3.8, 4) is 0 Å². The maximum Gasteiger partial charge on any atom is 0.223 e. The molecule has 2 aliphatic rings. The number of hydrogen-bond acceptors (Lipinski definition) is 2. The van der Waals surface area contributed by atoms with Crippen LogP contribution >= 0.6 is 0 Å². The van der Waals surface area contributed by atoms with Gasteiger partial charge in [-0.05, 0) is 37.3 Å². The van der Waals surface area contributed by atoms with E-state index in [9.17, 15) is 4.79 Å². The summed E-state index contributed by atoms with van der Waals surface area (Å²) in [5.74, 6) is 0.358. The van der Waals surface area contributed by atoms with Crippen molar-refractivity contribution in [2.24, 2.45) is 0 Å². The Labute approximate surface area is 95.5 Å². The fourth-order valence-corrected chi connectivity index (χ4v) is 3.06. The predicted octanol–water partition coefficient (Wildman–Crippen LogP) is 1.78. The Morgan fingerprint density at radius 2 is 2.31 bits per heavy atom. The number of hydrogen-bond donors (Lipinski definition) is 0. The molecular weight excluding hydrogens is 200 g/mol. The van der Waals surface area contributed by atoms with Crippen molar-refractivity contribution in [1.82, 2.24) is 9.88 Å². The van der Waals surface area contributed by atoms with Gasteiger partial charge in [0.2, 0.25) is 5.91 Å². The maximum atomic E-state index is 11.8. The number of nitrogens with zero attached hydrogens (tertiary/aromatic N) is 2. The van der Waals surface area contributed by atoms with E-state index in [-0.39, 0.29) is 0 Å². The lowest BCUT2D eigenvalue weighted by Gasteiger charge is -2.24. The quantitative estimate of drug-likeness (QED) is 0.755. The van der Waals surface area contributed by atoms with Crippen LogP contribution in [0.1, 0.15) is 31.2 Å². The monoisotopic (exact) mass is 216 g/mol. The standard InChI is InChI=1S/C13H16N2O/c16-13-6-5-11-3-4-12(15(11)13)8-10-2-1-7-14-9-10/h1-2,7,9,11-12H,3-6,8H2/t11-,12-/m1/s1. The van der Waals surface area contributed by atoms with Crippen LogP contribution in [0.4, 0.5) is 0 Å². The molecule has 0 aliphatic carbocycles. The van der Waals surface area contributed by atoms with E-state index in [0.717, 1.165) is 25.7 Å². The number of carbonyl (C=O) groups is 1. The summed E-state index contributed by atoms with van der Waals surface area (Å²) in [6.07, 6.45) is 8.85. The van der Waals surface area contributed by atoms with Crippen LogP contribution in [-0.2, 0) is 11.2 Å². The number of amides is 1. The summed E-state index contributed by atoms with van der Waals surface area (Å²) in [4.78, 5) is 18.0. The summed E-state index contributed by atoms with van der Waals surface area (Å²) >= 11 is 0. The molecule has 0 aromatic carbocycles. The second-order valence-electron chi connectivity index (χ2n) is 4.79. The van der Waals surface area contributed by atoms with Crippen LogP contribution in [0, 0.1) is 0 Å². The van der Waals surface area contributed by atoms with Crippen LogP contribution in [0.5, 0.6) is 0 Å². The van der Waals surface area contributed by atoms with E-state index in [1.807, 2.05) is 12.3 Å². The zero-order valence-electron chi connectivity index (χ0n) is 9.30. The van der Waals surface area contributed by atoms with Gasteiger partial charge in [-0.3, -0.25) is 9.78 Å². The van der Waals surface area contributed by atoms with Crippen molar-refractivity contribution in [3.05, 3.63) is 30.1 Å². The Morgan fingerprint density at radius 3 is 3.12 bits per heavy atom. The highest BCUT2D eigenvalue weighted by Gasteiger charge is 2.40. The van der Waals surface area contributed by atoms with Gasteiger partial charge >= 0.3 is 0 Å². The van der Waals surface area contributed by atoms with Gasteiger partial charge in [0.15, 0.2) is 0 Å². The molecule has 2 aliphatic heterocycles. The molecule has 3 heteroatoms. The normalized spacial score (nSPS) is 28.5. The first-order valence-electron chi connectivity index (χ1n) is 6.04. The average Bonchev–Trinajstić information content (AvgIpc) is 2.86. The average molecular weight is 216 g/mol. The van der Waals surface area contributed by atoms with E-state index < -0.39 is 0 Å². The van der Waals surface area contributed by atoms with E-state index in [0.29, 0.717) is 18.0 Å². The second kappa shape index (κ2) is 3.89. The van der Waals surface area contributed by atoms with Gasteiger partial charge in [-0.1, -0.05) is 6.07 Å². The molecule has 0 unspecified atom stereocenters. The Hall–Kier alpha value is -1.38. The zero-order chi connectivity index (χ0) is 11.0. The largest absolute Gasteiger partial charge is 0.336 e. The topological polar surface area (TPSA) is 33.2 Å². The molecule has 0 spiro atoms. The lowest BCUT2D eigenvalue weighted by Crippen LogP contribution is -2.36. The van der Waals surface area contributed by atoms with Crippen molar-refractivity contribution in [2.45, 2.75) is 44.2 Å². The first kappa shape index (κ1) is 9.82. The fourth-order valence-electron chi connectivity index (χ4n) is 3.06. The SMILES string of the molecule is O=C1CC[C@H]2CC[C@H](Cc3cccnc3)N12. The highest BCUT2D eigenvalue weighted by molar-refractivity contribution is 5.79. The van der Waals surface area contributed by atoms with Crippen molar-refractivity contribution >= 4 is 5.91 Å². The lowest BCUT2D eigenvalue weighted by molar-refractivity contribution is -0.129. The van der Waals surface area contributed by atoms with Gasteiger partial charge in [-0.15, -0.1) is 0 Å². The summed E-state index contributed by atoms with van der Waals surface area (Å²) in [5.41, 5.74) is 1.24. The van der Waals surface area contributed by atoms with Crippen LogP contribution in [-0.4, -0.2) is 27.9 Å². The summed E-state index contributed by atoms with van der Waals surface area (Å²) in [7, 11) is 0. The third-order valence-electron chi connectivity index (χ3n) is 3.79. The van der Waals surface area contributed by atoms with Gasteiger partial charge in [0.1, 0.15) is 0 Å². The molecule has 2 atom stereocenters. The van der Waals surface area contributed by atoms with Gasteiger partial charge < -0.3 is 4.90 Å². The Bertz CT molecular complexity index is 390. The zero-order valence-corrected chi connectivity index (χ0v) is 9.30. The summed E-state index contributed by atoms with van der Waals surface area (Å²) in [6.45, 7) is 0. The van der Waals surface area contributed by atoms with Gasteiger partial charge in [-0.25, -0.2) is 0 Å². The molecule has 3 rings (SSSR count). The Balaban J connectivity index is 1.74. The molecule has 3 nitrogen and oxygen atoms in total. The minimum Gasteiger partial charge on any atom is -0.336 e. The van der Waals surface area contributed by atoms with Crippen LogP contribution in [0.2, 0.25) is 0 Å². The Kier molecular flexibility index (Phi) is 2.39. The Morgan fingerprint density at radius 1 is 1.38 bits per heavy atom. The maximum absolute atomic E-state index is 11.8. The number of fused-ring (bicyclic) bond motifs is 1. The van der Waals surface area contributed by atoms with Gasteiger partial charge in [0.05, 0.1) is 0 Å². The van der Waals surface area contributed by atoms with Crippen molar-refractivity contribution in [3.63, 3.8) is 0 Å². The van der Waals surface area contributed by atoms with Crippen LogP contribution in [0.3, 0.4) is 0 Å². The molecule has 3 heterocycles. The van der Waals surface area contributed by atoms with E-state index in [2.05, 4.69) is 16.0 Å². The molecule has 84 valence electrons. The predicted molar refractivity (Wildman–Crippen MR) is 60.8 cm³/mol. The van der Waals surface area contributed by atoms with E-state index in [1.165, 1.54) is 12.0 Å². The van der Waals surface area contributed by atoms with E-state index in [4.69, 9.17) is 0 Å². The van der Waals surface area contributed by atoms with E-state index in [1.54, 1.807) is 6.20 Å². The van der Waals surface area contributed by atoms with Crippen LogP contribution in [0.15, 0.2) is 24.5 Å². The van der Waals surface area contributed by atoms with Crippen LogP contribution < -0.4 is 0 Å². The first-order chi connectivity index (χ1) is 7.84. The molecule has 1 aromatic rings. The van der Waals surface area contributed by atoms with Gasteiger partial charge in [0.25, 0.3) is 0 Å². The van der Waals surface area contributed by atoms with Gasteiger partial charge in [0, 0.05) is 30.9 Å². The smallest absolute Gasteiger partial charge is 0.223 e. The third-order valence-corrected chi connectivity index (χ3v) is 3.79. The first-order valence-corrected chi connectivity index (χ1v) is 6.04. The number of carbonyl (C=O) groups excluding carboxylic acids is 1. The molecule has 0 bridgehead atoms. The molecule has 0 saturated carbocycles. The number of aromatic nitrogens is 1.